The Morgan fingerprint density at radius 1 is 1.35 bits per heavy atom. The number of benzene rings is 1. The first-order valence-electron chi connectivity index (χ1n) is 5.92. The van der Waals surface area contributed by atoms with Gasteiger partial charge in [-0.05, 0) is 43.5 Å². The SMILES string of the molecule is CCCNCC(O)COc1ccc(SC)cc1. The van der Waals surface area contributed by atoms with Gasteiger partial charge in [-0.15, -0.1) is 11.8 Å². The number of rotatable bonds is 8. The summed E-state index contributed by atoms with van der Waals surface area (Å²) in [6.07, 6.45) is 2.66. The van der Waals surface area contributed by atoms with Crippen LogP contribution in [0.5, 0.6) is 5.75 Å². The van der Waals surface area contributed by atoms with Gasteiger partial charge in [-0.1, -0.05) is 6.92 Å². The van der Waals surface area contributed by atoms with Crippen molar-refractivity contribution in [2.75, 3.05) is 26.0 Å². The molecule has 0 heterocycles. The molecule has 0 fully saturated rings. The summed E-state index contributed by atoms with van der Waals surface area (Å²) in [7, 11) is 0. The van der Waals surface area contributed by atoms with E-state index >= 15 is 0 Å². The summed E-state index contributed by atoms with van der Waals surface area (Å²) in [6, 6.07) is 7.89. The van der Waals surface area contributed by atoms with Crippen LogP contribution in [0, 0.1) is 0 Å². The Hall–Kier alpha value is -0.710. The van der Waals surface area contributed by atoms with Gasteiger partial charge in [0.1, 0.15) is 18.5 Å². The first kappa shape index (κ1) is 14.4. The fourth-order valence-electron chi connectivity index (χ4n) is 1.37. The maximum absolute atomic E-state index is 9.65. The van der Waals surface area contributed by atoms with E-state index in [0.717, 1.165) is 18.7 Å². The number of hydrogen-bond donors (Lipinski definition) is 2. The van der Waals surface area contributed by atoms with Gasteiger partial charge in [0.25, 0.3) is 0 Å². The molecule has 1 aromatic rings. The molecular formula is C13H21NO2S. The van der Waals surface area contributed by atoms with Crippen molar-refractivity contribution in [3.8, 4) is 5.75 Å². The average molecular weight is 255 g/mol. The summed E-state index contributed by atoms with van der Waals surface area (Å²) < 4.78 is 5.50. The molecule has 4 heteroatoms. The maximum atomic E-state index is 9.65. The van der Waals surface area contributed by atoms with Crippen molar-refractivity contribution in [2.24, 2.45) is 0 Å². The van der Waals surface area contributed by atoms with Crippen molar-refractivity contribution in [1.29, 1.82) is 0 Å². The number of ether oxygens (including phenoxy) is 1. The van der Waals surface area contributed by atoms with Gasteiger partial charge >= 0.3 is 0 Å². The second kappa shape index (κ2) is 8.39. The Morgan fingerprint density at radius 3 is 2.65 bits per heavy atom. The molecule has 2 N–H and O–H groups in total. The molecule has 0 amide bonds. The van der Waals surface area contributed by atoms with Crippen LogP contribution in [0.15, 0.2) is 29.2 Å². The standard InChI is InChI=1S/C13H21NO2S/c1-3-8-14-9-11(15)10-16-12-4-6-13(17-2)7-5-12/h4-7,11,14-15H,3,8-10H2,1-2H3. The van der Waals surface area contributed by atoms with Crippen LogP contribution in [0.3, 0.4) is 0 Å². The first-order valence-corrected chi connectivity index (χ1v) is 7.14. The van der Waals surface area contributed by atoms with Gasteiger partial charge in [-0.2, -0.15) is 0 Å². The molecule has 0 aromatic heterocycles. The third-order valence-electron chi connectivity index (χ3n) is 2.31. The second-order valence-corrected chi connectivity index (χ2v) is 4.72. The van der Waals surface area contributed by atoms with E-state index < -0.39 is 6.10 Å². The van der Waals surface area contributed by atoms with Crippen LogP contribution >= 0.6 is 11.8 Å². The smallest absolute Gasteiger partial charge is 0.119 e. The van der Waals surface area contributed by atoms with Gasteiger partial charge in [0.05, 0.1) is 0 Å². The van der Waals surface area contributed by atoms with Crippen molar-refractivity contribution in [3.05, 3.63) is 24.3 Å². The average Bonchev–Trinajstić information content (AvgIpc) is 2.37. The molecule has 1 unspecified atom stereocenters. The van der Waals surface area contributed by atoms with Crippen LogP contribution in [0.4, 0.5) is 0 Å². The molecule has 0 radical (unpaired) electrons. The van der Waals surface area contributed by atoms with Crippen molar-refractivity contribution in [2.45, 2.75) is 24.3 Å². The molecule has 0 aliphatic carbocycles. The minimum atomic E-state index is -0.457. The number of aliphatic hydroxyl groups is 1. The summed E-state index contributed by atoms with van der Waals surface area (Å²) in [4.78, 5) is 1.21. The summed E-state index contributed by atoms with van der Waals surface area (Å²) in [5.74, 6) is 0.803. The monoisotopic (exact) mass is 255 g/mol. The minimum Gasteiger partial charge on any atom is -0.491 e. The lowest BCUT2D eigenvalue weighted by Gasteiger charge is -2.13. The van der Waals surface area contributed by atoms with E-state index in [-0.39, 0.29) is 0 Å². The van der Waals surface area contributed by atoms with Crippen LogP contribution in [-0.4, -0.2) is 37.2 Å². The van der Waals surface area contributed by atoms with Crippen LogP contribution in [-0.2, 0) is 0 Å². The topological polar surface area (TPSA) is 41.5 Å². The van der Waals surface area contributed by atoms with Crippen molar-refractivity contribution in [3.63, 3.8) is 0 Å². The van der Waals surface area contributed by atoms with E-state index in [1.54, 1.807) is 11.8 Å². The van der Waals surface area contributed by atoms with Crippen molar-refractivity contribution < 1.29 is 9.84 Å². The Kier molecular flexibility index (Phi) is 7.08. The number of aliphatic hydroxyl groups excluding tert-OH is 1. The highest BCUT2D eigenvalue weighted by Gasteiger charge is 2.04. The molecule has 96 valence electrons. The quantitative estimate of drug-likeness (QED) is 0.552. The van der Waals surface area contributed by atoms with E-state index in [9.17, 15) is 5.11 Å². The van der Waals surface area contributed by atoms with E-state index in [1.807, 2.05) is 30.5 Å². The lowest BCUT2D eigenvalue weighted by molar-refractivity contribution is 0.106. The normalized spacial score (nSPS) is 12.4. The highest BCUT2D eigenvalue weighted by Crippen LogP contribution is 2.18. The molecule has 1 atom stereocenters. The van der Waals surface area contributed by atoms with Crippen molar-refractivity contribution in [1.82, 2.24) is 5.32 Å². The summed E-state index contributed by atoms with van der Waals surface area (Å²) in [5.41, 5.74) is 0. The highest BCUT2D eigenvalue weighted by atomic mass is 32.2. The lowest BCUT2D eigenvalue weighted by Crippen LogP contribution is -2.31. The Labute approximate surface area is 108 Å². The zero-order valence-electron chi connectivity index (χ0n) is 10.5. The molecule has 1 rings (SSSR count). The van der Waals surface area contributed by atoms with Gasteiger partial charge < -0.3 is 15.2 Å². The molecule has 1 aromatic carbocycles. The summed E-state index contributed by atoms with van der Waals surface area (Å²) in [5, 5.41) is 12.8. The van der Waals surface area contributed by atoms with Gasteiger partial charge in [-0.3, -0.25) is 0 Å². The van der Waals surface area contributed by atoms with Crippen LogP contribution in [0.2, 0.25) is 0 Å². The largest absolute Gasteiger partial charge is 0.491 e. The van der Waals surface area contributed by atoms with E-state index in [4.69, 9.17) is 4.74 Å². The Morgan fingerprint density at radius 2 is 2.06 bits per heavy atom. The zero-order chi connectivity index (χ0) is 12.5. The molecule has 0 saturated heterocycles. The number of hydrogen-bond acceptors (Lipinski definition) is 4. The van der Waals surface area contributed by atoms with Crippen LogP contribution in [0.1, 0.15) is 13.3 Å². The third-order valence-corrected chi connectivity index (χ3v) is 3.05. The third kappa shape index (κ3) is 5.96. The van der Waals surface area contributed by atoms with Gasteiger partial charge in [0.15, 0.2) is 0 Å². The maximum Gasteiger partial charge on any atom is 0.119 e. The molecule has 0 bridgehead atoms. The predicted octanol–water partition coefficient (Wildman–Crippen LogP) is 2.15. The minimum absolute atomic E-state index is 0.329. The van der Waals surface area contributed by atoms with E-state index in [2.05, 4.69) is 12.2 Å². The fraction of sp³-hybridized carbons (Fsp3) is 0.538. The molecule has 0 aliphatic rings. The molecule has 0 spiro atoms. The second-order valence-electron chi connectivity index (χ2n) is 3.84. The summed E-state index contributed by atoms with van der Waals surface area (Å²) in [6.45, 7) is 3.94. The van der Waals surface area contributed by atoms with Crippen LogP contribution < -0.4 is 10.1 Å². The molecule has 3 nitrogen and oxygen atoms in total. The van der Waals surface area contributed by atoms with Crippen LogP contribution in [0.25, 0.3) is 0 Å². The summed E-state index contributed by atoms with van der Waals surface area (Å²) >= 11 is 1.70. The number of nitrogens with one attached hydrogen (secondary N) is 1. The Bertz CT molecular complexity index is 303. The number of thioether (sulfide) groups is 1. The molecular weight excluding hydrogens is 234 g/mol. The first-order chi connectivity index (χ1) is 8.26. The van der Waals surface area contributed by atoms with Gasteiger partial charge in [0, 0.05) is 11.4 Å². The highest BCUT2D eigenvalue weighted by molar-refractivity contribution is 7.98. The van der Waals surface area contributed by atoms with E-state index in [0.29, 0.717) is 13.2 Å². The molecule has 0 aliphatic heterocycles. The Balaban J connectivity index is 2.24. The van der Waals surface area contributed by atoms with Crippen molar-refractivity contribution >= 4 is 11.8 Å². The van der Waals surface area contributed by atoms with Gasteiger partial charge in [0.2, 0.25) is 0 Å². The van der Waals surface area contributed by atoms with Gasteiger partial charge in [-0.25, -0.2) is 0 Å². The predicted molar refractivity (Wildman–Crippen MR) is 72.9 cm³/mol. The molecule has 17 heavy (non-hydrogen) atoms. The lowest BCUT2D eigenvalue weighted by atomic mass is 10.3. The fourth-order valence-corrected chi connectivity index (χ4v) is 1.78. The van der Waals surface area contributed by atoms with E-state index in [1.165, 1.54) is 4.90 Å². The zero-order valence-corrected chi connectivity index (χ0v) is 11.3. The molecule has 0 saturated carbocycles.